The van der Waals surface area contributed by atoms with E-state index in [1.54, 1.807) is 6.20 Å². The van der Waals surface area contributed by atoms with Crippen LogP contribution in [0, 0.1) is 0 Å². The highest BCUT2D eigenvalue weighted by molar-refractivity contribution is 9.10. The summed E-state index contributed by atoms with van der Waals surface area (Å²) in [5.41, 5.74) is 0.744. The zero-order chi connectivity index (χ0) is 13.8. The quantitative estimate of drug-likeness (QED) is 0.917. The third kappa shape index (κ3) is 3.57. The fraction of sp³-hybridized carbons (Fsp3) is 0.692. The number of hydrogen-bond acceptors (Lipinski definition) is 4. The van der Waals surface area contributed by atoms with Crippen molar-refractivity contribution in [1.82, 2.24) is 14.7 Å². The Hall–Kier alpha value is -0.880. The first kappa shape index (κ1) is 14.5. The van der Waals surface area contributed by atoms with Crippen LogP contribution >= 0.6 is 15.9 Å². The largest absolute Gasteiger partial charge is 0.379 e. The van der Waals surface area contributed by atoms with E-state index in [1.165, 1.54) is 11.1 Å². The average Bonchev–Trinajstić information content (AvgIpc) is 2.39. The fourth-order valence-corrected chi connectivity index (χ4v) is 2.86. The van der Waals surface area contributed by atoms with Gasteiger partial charge in [0.05, 0.1) is 11.9 Å². The minimum Gasteiger partial charge on any atom is -0.379 e. The van der Waals surface area contributed by atoms with Gasteiger partial charge < -0.3 is 10.2 Å². The normalized spacial score (nSPS) is 20.5. The van der Waals surface area contributed by atoms with Gasteiger partial charge in [0.25, 0.3) is 5.56 Å². The lowest BCUT2D eigenvalue weighted by atomic mass is 10.1. The van der Waals surface area contributed by atoms with Gasteiger partial charge in [0, 0.05) is 19.1 Å². The second kappa shape index (κ2) is 6.52. The predicted molar refractivity (Wildman–Crippen MR) is 80.6 cm³/mol. The van der Waals surface area contributed by atoms with Gasteiger partial charge in [0.15, 0.2) is 0 Å². The molecule has 2 rings (SSSR count). The van der Waals surface area contributed by atoms with Crippen LogP contribution in [0.4, 0.5) is 5.69 Å². The molecule has 1 aromatic rings. The molecule has 1 aromatic heterocycles. The lowest BCUT2D eigenvalue weighted by Crippen LogP contribution is -2.40. The van der Waals surface area contributed by atoms with Gasteiger partial charge in [-0.2, -0.15) is 5.10 Å². The molecule has 0 spiro atoms. The van der Waals surface area contributed by atoms with Crippen LogP contribution in [0.15, 0.2) is 15.5 Å². The number of likely N-dealkylation sites (tertiary alicyclic amines) is 1. The molecule has 1 fully saturated rings. The molecule has 19 heavy (non-hydrogen) atoms. The van der Waals surface area contributed by atoms with Crippen molar-refractivity contribution in [2.24, 2.45) is 0 Å². The van der Waals surface area contributed by atoms with Crippen LogP contribution in [0.3, 0.4) is 0 Å². The lowest BCUT2D eigenvalue weighted by molar-refractivity contribution is 0.261. The van der Waals surface area contributed by atoms with E-state index in [9.17, 15) is 4.79 Å². The van der Waals surface area contributed by atoms with E-state index in [1.807, 2.05) is 6.92 Å². The minimum atomic E-state index is -0.0592. The molecule has 0 bridgehead atoms. The van der Waals surface area contributed by atoms with Crippen LogP contribution in [-0.4, -0.2) is 40.9 Å². The second-order valence-electron chi connectivity index (χ2n) is 5.15. The van der Waals surface area contributed by atoms with Crippen molar-refractivity contribution in [3.63, 3.8) is 0 Å². The molecule has 1 aliphatic rings. The molecule has 2 heterocycles. The first-order chi connectivity index (χ1) is 9.11. The van der Waals surface area contributed by atoms with Crippen LogP contribution in [0.5, 0.6) is 0 Å². The molecule has 0 saturated carbocycles. The lowest BCUT2D eigenvalue weighted by Gasteiger charge is -2.31. The maximum Gasteiger partial charge on any atom is 0.283 e. The first-order valence-corrected chi connectivity index (χ1v) is 7.61. The number of hydrogen-bond donors (Lipinski definition) is 1. The molecule has 1 unspecified atom stereocenters. The first-order valence-electron chi connectivity index (χ1n) is 6.82. The Kier molecular flexibility index (Phi) is 4.99. The topological polar surface area (TPSA) is 50.2 Å². The van der Waals surface area contributed by atoms with E-state index >= 15 is 0 Å². The van der Waals surface area contributed by atoms with Gasteiger partial charge in [-0.25, -0.2) is 4.68 Å². The van der Waals surface area contributed by atoms with E-state index < -0.39 is 0 Å². The summed E-state index contributed by atoms with van der Waals surface area (Å²) in [6.45, 7) is 4.84. The van der Waals surface area contributed by atoms with Gasteiger partial charge in [0.1, 0.15) is 4.47 Å². The highest BCUT2D eigenvalue weighted by atomic mass is 79.9. The van der Waals surface area contributed by atoms with E-state index in [2.05, 4.69) is 38.3 Å². The third-order valence-corrected chi connectivity index (χ3v) is 4.17. The van der Waals surface area contributed by atoms with E-state index in [-0.39, 0.29) is 5.56 Å². The van der Waals surface area contributed by atoms with Crippen molar-refractivity contribution in [2.75, 3.05) is 25.5 Å². The molecular formula is C13H21BrN4O. The Balaban J connectivity index is 2.12. The summed E-state index contributed by atoms with van der Waals surface area (Å²) in [5.74, 6) is 0. The van der Waals surface area contributed by atoms with Gasteiger partial charge >= 0.3 is 0 Å². The SMILES string of the molecule is CCCn1ncc(NC2CCCN(C)C2)c(Br)c1=O. The summed E-state index contributed by atoms with van der Waals surface area (Å²) in [6, 6.07) is 0.387. The maximum absolute atomic E-state index is 12.1. The fourth-order valence-electron chi connectivity index (χ4n) is 2.44. The molecule has 5 nitrogen and oxygen atoms in total. The average molecular weight is 329 g/mol. The molecule has 0 aliphatic carbocycles. The van der Waals surface area contributed by atoms with Crippen molar-refractivity contribution < 1.29 is 0 Å². The van der Waals surface area contributed by atoms with E-state index in [0.717, 1.165) is 31.6 Å². The van der Waals surface area contributed by atoms with Crippen molar-refractivity contribution in [3.05, 3.63) is 21.0 Å². The number of halogens is 1. The molecule has 106 valence electrons. The molecule has 1 saturated heterocycles. The number of nitrogens with zero attached hydrogens (tertiary/aromatic N) is 3. The highest BCUT2D eigenvalue weighted by Gasteiger charge is 2.18. The van der Waals surface area contributed by atoms with E-state index in [0.29, 0.717) is 17.1 Å². The molecule has 6 heteroatoms. The predicted octanol–water partition coefficient (Wildman–Crippen LogP) is 1.92. The summed E-state index contributed by atoms with van der Waals surface area (Å²) in [4.78, 5) is 14.4. The number of rotatable bonds is 4. The summed E-state index contributed by atoms with van der Waals surface area (Å²) < 4.78 is 2.09. The number of piperidine rings is 1. The molecule has 1 N–H and O–H groups in total. The minimum absolute atomic E-state index is 0.0592. The summed E-state index contributed by atoms with van der Waals surface area (Å²) in [5, 5.41) is 7.64. The number of anilines is 1. The molecule has 1 atom stereocenters. The molecular weight excluding hydrogens is 308 g/mol. The number of aromatic nitrogens is 2. The van der Waals surface area contributed by atoms with Crippen molar-refractivity contribution in [3.8, 4) is 0 Å². The van der Waals surface area contributed by atoms with Crippen LogP contribution in [0.25, 0.3) is 0 Å². The Morgan fingerprint density at radius 3 is 3.05 bits per heavy atom. The Morgan fingerprint density at radius 2 is 2.37 bits per heavy atom. The molecule has 0 aromatic carbocycles. The number of nitrogens with one attached hydrogen (secondary N) is 1. The van der Waals surface area contributed by atoms with Crippen LogP contribution in [0.2, 0.25) is 0 Å². The second-order valence-corrected chi connectivity index (χ2v) is 5.94. The number of aryl methyl sites for hydroxylation is 1. The van der Waals surface area contributed by atoms with Gasteiger partial charge in [-0.1, -0.05) is 6.92 Å². The third-order valence-electron chi connectivity index (χ3n) is 3.40. The Bertz CT molecular complexity index is 488. The maximum atomic E-state index is 12.1. The van der Waals surface area contributed by atoms with Gasteiger partial charge in [-0.3, -0.25) is 4.79 Å². The molecule has 0 radical (unpaired) electrons. The smallest absolute Gasteiger partial charge is 0.283 e. The van der Waals surface area contributed by atoms with Gasteiger partial charge in [0.2, 0.25) is 0 Å². The standard InChI is InChI=1S/C13H21BrN4O/c1-3-6-18-13(19)12(14)11(8-15-18)16-10-5-4-7-17(2)9-10/h8,10,16H,3-7,9H2,1-2H3. The summed E-state index contributed by atoms with van der Waals surface area (Å²) in [6.07, 6.45) is 4.97. The van der Waals surface area contributed by atoms with E-state index in [4.69, 9.17) is 0 Å². The van der Waals surface area contributed by atoms with Crippen LogP contribution in [0.1, 0.15) is 26.2 Å². The van der Waals surface area contributed by atoms with Crippen LogP contribution in [-0.2, 0) is 6.54 Å². The zero-order valence-electron chi connectivity index (χ0n) is 11.5. The van der Waals surface area contributed by atoms with Gasteiger partial charge in [-0.15, -0.1) is 0 Å². The number of likely N-dealkylation sites (N-methyl/N-ethyl adjacent to an activating group) is 1. The summed E-state index contributed by atoms with van der Waals surface area (Å²) >= 11 is 3.39. The van der Waals surface area contributed by atoms with Crippen molar-refractivity contribution in [1.29, 1.82) is 0 Å². The Morgan fingerprint density at radius 1 is 1.58 bits per heavy atom. The summed E-state index contributed by atoms with van der Waals surface area (Å²) in [7, 11) is 2.13. The Labute approximate surface area is 122 Å². The molecule has 1 aliphatic heterocycles. The van der Waals surface area contributed by atoms with Crippen LogP contribution < -0.4 is 10.9 Å². The monoisotopic (exact) mass is 328 g/mol. The van der Waals surface area contributed by atoms with Gasteiger partial charge in [-0.05, 0) is 48.8 Å². The molecule has 0 amide bonds. The van der Waals surface area contributed by atoms with Crippen molar-refractivity contribution in [2.45, 2.75) is 38.8 Å². The zero-order valence-corrected chi connectivity index (χ0v) is 13.1. The highest BCUT2D eigenvalue weighted by Crippen LogP contribution is 2.20. The van der Waals surface area contributed by atoms with Crippen molar-refractivity contribution >= 4 is 21.6 Å².